The van der Waals surface area contributed by atoms with E-state index in [2.05, 4.69) is 21.3 Å². The summed E-state index contributed by atoms with van der Waals surface area (Å²) < 4.78 is 0. The molecule has 0 heterocycles. The Bertz CT molecular complexity index is 1150. The van der Waals surface area contributed by atoms with Crippen LogP contribution in [0.15, 0.2) is 18.2 Å². The SMILES string of the molecule is CC(C)[C@H](NC(=O)[C@H](CC(=O)O)NC(=O)[C@@H](NC(=O)[C@H](CCC(=O)O)NCCc1ccc(Cl)c(Cl)c1)[C@@H](C)O)C(=O)O. The van der Waals surface area contributed by atoms with Crippen molar-refractivity contribution in [1.82, 2.24) is 21.3 Å². The van der Waals surface area contributed by atoms with Crippen molar-refractivity contribution in [3.8, 4) is 0 Å². The molecule has 1 rings (SSSR count). The van der Waals surface area contributed by atoms with Crippen LogP contribution in [0.2, 0.25) is 10.0 Å². The zero-order valence-corrected chi connectivity index (χ0v) is 24.7. The lowest BCUT2D eigenvalue weighted by Crippen LogP contribution is -2.60. The summed E-state index contributed by atoms with van der Waals surface area (Å²) in [5.74, 6) is -7.64. The molecule has 14 nitrogen and oxygen atoms in total. The van der Waals surface area contributed by atoms with Crippen LogP contribution in [0.25, 0.3) is 0 Å². The first-order valence-corrected chi connectivity index (χ1v) is 13.7. The number of nitrogens with one attached hydrogen (secondary N) is 4. The van der Waals surface area contributed by atoms with E-state index in [1.165, 1.54) is 20.8 Å². The van der Waals surface area contributed by atoms with E-state index in [0.717, 1.165) is 5.56 Å². The molecule has 0 aliphatic heterocycles. The summed E-state index contributed by atoms with van der Waals surface area (Å²) in [7, 11) is 0. The molecular weight excluding hydrogens is 599 g/mol. The van der Waals surface area contributed by atoms with Gasteiger partial charge in [0.05, 0.1) is 28.6 Å². The Morgan fingerprint density at radius 2 is 1.38 bits per heavy atom. The van der Waals surface area contributed by atoms with Crippen molar-refractivity contribution in [3.63, 3.8) is 0 Å². The monoisotopic (exact) mass is 634 g/mol. The van der Waals surface area contributed by atoms with Crippen molar-refractivity contribution in [2.45, 2.75) is 76.7 Å². The van der Waals surface area contributed by atoms with Gasteiger partial charge in [-0.1, -0.05) is 43.1 Å². The maximum Gasteiger partial charge on any atom is 0.326 e. The number of carboxylic acids is 3. The van der Waals surface area contributed by atoms with Gasteiger partial charge in [-0.15, -0.1) is 0 Å². The summed E-state index contributed by atoms with van der Waals surface area (Å²) in [4.78, 5) is 72.7. The summed E-state index contributed by atoms with van der Waals surface area (Å²) in [5.41, 5.74) is 0.779. The average Bonchev–Trinajstić information content (AvgIpc) is 2.87. The van der Waals surface area contributed by atoms with Gasteiger partial charge >= 0.3 is 17.9 Å². The molecule has 234 valence electrons. The number of carboxylic acid groups (broad SMARTS) is 3. The van der Waals surface area contributed by atoms with Gasteiger partial charge in [-0.2, -0.15) is 0 Å². The second-order valence-corrected chi connectivity index (χ2v) is 10.7. The highest BCUT2D eigenvalue weighted by molar-refractivity contribution is 6.42. The number of amides is 3. The lowest BCUT2D eigenvalue weighted by Gasteiger charge is -2.27. The number of carbonyl (C=O) groups is 6. The minimum absolute atomic E-state index is 0.174. The van der Waals surface area contributed by atoms with E-state index in [-0.39, 0.29) is 13.0 Å². The molecule has 1 aromatic rings. The van der Waals surface area contributed by atoms with Crippen LogP contribution in [-0.4, -0.2) is 92.9 Å². The third-order valence-electron chi connectivity index (χ3n) is 6.06. The molecule has 0 aliphatic rings. The maximum absolute atomic E-state index is 13.1. The highest BCUT2D eigenvalue weighted by atomic mass is 35.5. The molecule has 0 bridgehead atoms. The topological polar surface area (TPSA) is 231 Å². The Morgan fingerprint density at radius 1 is 0.786 bits per heavy atom. The second kappa shape index (κ2) is 17.5. The summed E-state index contributed by atoms with van der Waals surface area (Å²) in [6, 6.07) is -0.940. The Hall–Kier alpha value is -3.46. The molecule has 0 aliphatic carbocycles. The highest BCUT2D eigenvalue weighted by Gasteiger charge is 2.34. The Balaban J connectivity index is 3.03. The summed E-state index contributed by atoms with van der Waals surface area (Å²) >= 11 is 11.9. The van der Waals surface area contributed by atoms with E-state index in [1.807, 2.05) is 0 Å². The van der Waals surface area contributed by atoms with Gasteiger partial charge in [0, 0.05) is 6.42 Å². The van der Waals surface area contributed by atoms with Crippen LogP contribution in [-0.2, 0) is 35.2 Å². The Morgan fingerprint density at radius 3 is 1.88 bits per heavy atom. The third-order valence-corrected chi connectivity index (χ3v) is 6.80. The van der Waals surface area contributed by atoms with Gasteiger partial charge in [0.1, 0.15) is 18.1 Å². The van der Waals surface area contributed by atoms with Gasteiger partial charge in [-0.3, -0.25) is 24.0 Å². The number of rotatable bonds is 18. The van der Waals surface area contributed by atoms with E-state index < -0.39 is 84.7 Å². The first-order chi connectivity index (χ1) is 19.5. The van der Waals surface area contributed by atoms with Crippen molar-refractivity contribution in [2.75, 3.05) is 6.54 Å². The van der Waals surface area contributed by atoms with Gasteiger partial charge in [-0.25, -0.2) is 4.79 Å². The fraction of sp³-hybridized carbons (Fsp3) is 0.538. The number of carbonyl (C=O) groups excluding carboxylic acids is 3. The lowest BCUT2D eigenvalue weighted by atomic mass is 10.0. The predicted molar refractivity (Wildman–Crippen MR) is 151 cm³/mol. The van der Waals surface area contributed by atoms with Gasteiger partial charge < -0.3 is 41.7 Å². The molecule has 0 saturated carbocycles. The maximum atomic E-state index is 13.1. The molecule has 0 fully saturated rings. The quantitative estimate of drug-likeness (QED) is 0.110. The van der Waals surface area contributed by atoms with E-state index in [4.69, 9.17) is 28.3 Å². The molecule has 42 heavy (non-hydrogen) atoms. The Kier molecular flexibility index (Phi) is 15.2. The smallest absolute Gasteiger partial charge is 0.326 e. The van der Waals surface area contributed by atoms with Crippen molar-refractivity contribution in [2.24, 2.45) is 5.92 Å². The summed E-state index contributed by atoms with van der Waals surface area (Å²) in [6.07, 6.45) is -2.63. The molecule has 0 saturated heterocycles. The van der Waals surface area contributed by atoms with Crippen LogP contribution in [0.4, 0.5) is 0 Å². The molecule has 0 radical (unpaired) electrons. The fourth-order valence-electron chi connectivity index (χ4n) is 3.75. The third kappa shape index (κ3) is 12.6. The number of aliphatic hydroxyl groups is 1. The molecule has 0 spiro atoms. The number of aliphatic carboxylic acids is 3. The molecule has 0 unspecified atom stereocenters. The van der Waals surface area contributed by atoms with Crippen LogP contribution in [0.5, 0.6) is 0 Å². The molecule has 3 amide bonds. The normalized spacial score (nSPS) is 14.6. The molecule has 5 atom stereocenters. The van der Waals surface area contributed by atoms with Gasteiger partial charge in [0.2, 0.25) is 17.7 Å². The number of benzene rings is 1. The second-order valence-electron chi connectivity index (χ2n) is 9.89. The zero-order valence-electron chi connectivity index (χ0n) is 23.2. The van der Waals surface area contributed by atoms with E-state index >= 15 is 0 Å². The minimum atomic E-state index is -1.74. The zero-order chi connectivity index (χ0) is 32.1. The van der Waals surface area contributed by atoms with Crippen molar-refractivity contribution in [3.05, 3.63) is 33.8 Å². The number of halogens is 2. The number of aliphatic hydroxyl groups excluding tert-OH is 1. The van der Waals surface area contributed by atoms with Crippen LogP contribution in [0, 0.1) is 5.92 Å². The predicted octanol–water partition coefficient (Wildman–Crippen LogP) is 0.409. The van der Waals surface area contributed by atoms with E-state index in [1.54, 1.807) is 18.2 Å². The molecule has 8 N–H and O–H groups in total. The molecule has 0 aromatic heterocycles. The standard InChI is InChI=1S/C26H36Cl2N4O10/c1-12(2)21(26(41)42)31-24(39)18(11-20(36)37)30-25(40)22(13(3)33)32-23(38)17(6-7-19(34)35)29-9-8-14-4-5-15(27)16(28)10-14/h4-5,10,12-13,17-18,21-22,29,33H,6-9,11H2,1-3H3,(H,30,40)(H,31,39)(H,32,38)(H,34,35)(H,36,37)(H,41,42)/t13-,17+,18+,21+,22+/m1/s1. The van der Waals surface area contributed by atoms with Gasteiger partial charge in [-0.05, 0) is 49.9 Å². The first-order valence-electron chi connectivity index (χ1n) is 13.0. The Labute approximate surface area is 252 Å². The van der Waals surface area contributed by atoms with Gasteiger partial charge in [0.15, 0.2) is 0 Å². The van der Waals surface area contributed by atoms with E-state index in [9.17, 15) is 44.1 Å². The minimum Gasteiger partial charge on any atom is -0.481 e. The van der Waals surface area contributed by atoms with Crippen molar-refractivity contribution in [1.29, 1.82) is 0 Å². The summed E-state index contributed by atoms with van der Waals surface area (Å²) in [6.45, 7) is 4.40. The molecule has 16 heteroatoms. The average molecular weight is 635 g/mol. The van der Waals surface area contributed by atoms with Crippen LogP contribution in [0.3, 0.4) is 0 Å². The van der Waals surface area contributed by atoms with Crippen LogP contribution >= 0.6 is 23.2 Å². The largest absolute Gasteiger partial charge is 0.481 e. The first kappa shape index (κ1) is 36.6. The summed E-state index contributed by atoms with van der Waals surface area (Å²) in [5, 5.41) is 48.1. The fourth-order valence-corrected chi connectivity index (χ4v) is 4.07. The van der Waals surface area contributed by atoms with Crippen LogP contribution < -0.4 is 21.3 Å². The van der Waals surface area contributed by atoms with Crippen molar-refractivity contribution >= 4 is 58.8 Å². The van der Waals surface area contributed by atoms with E-state index in [0.29, 0.717) is 16.5 Å². The highest BCUT2D eigenvalue weighted by Crippen LogP contribution is 2.22. The number of hydrogen-bond donors (Lipinski definition) is 8. The van der Waals surface area contributed by atoms with Gasteiger partial charge in [0.25, 0.3) is 0 Å². The molecule has 1 aromatic carbocycles. The number of hydrogen-bond acceptors (Lipinski definition) is 8. The van der Waals surface area contributed by atoms with Crippen molar-refractivity contribution < 1.29 is 49.2 Å². The van der Waals surface area contributed by atoms with Crippen LogP contribution in [0.1, 0.15) is 45.6 Å². The molecular formula is C26H36Cl2N4O10. The lowest BCUT2D eigenvalue weighted by molar-refractivity contribution is -0.145.